The molecule has 1 saturated carbocycles. The summed E-state index contributed by atoms with van der Waals surface area (Å²) >= 11 is 5.70. The second-order valence-corrected chi connectivity index (χ2v) is 5.34. The number of carbonyl (C=O) groups excluding carboxylic acids is 1. The highest BCUT2D eigenvalue weighted by Crippen LogP contribution is 2.22. The molecule has 22 heavy (non-hydrogen) atoms. The molecule has 3 rings (SSSR count). The zero-order valence-electron chi connectivity index (χ0n) is 11.4. The Morgan fingerprint density at radius 1 is 1.18 bits per heavy atom. The van der Waals surface area contributed by atoms with Crippen LogP contribution in [0.25, 0.3) is 0 Å². The van der Waals surface area contributed by atoms with Gasteiger partial charge in [-0.3, -0.25) is 5.32 Å². The number of urea groups is 1. The van der Waals surface area contributed by atoms with Crippen molar-refractivity contribution in [2.75, 3.05) is 10.6 Å². The number of aromatic nitrogens is 2. The van der Waals surface area contributed by atoms with E-state index in [9.17, 15) is 9.18 Å². The Morgan fingerprint density at radius 2 is 1.91 bits per heavy atom. The first kappa shape index (κ1) is 14.5. The van der Waals surface area contributed by atoms with E-state index in [-0.39, 0.29) is 17.1 Å². The van der Waals surface area contributed by atoms with Crippen LogP contribution in [0.3, 0.4) is 0 Å². The molecule has 1 aliphatic carbocycles. The minimum atomic E-state index is -0.487. The van der Waals surface area contributed by atoms with Gasteiger partial charge in [0.2, 0.25) is 0 Å². The minimum Gasteiger partial charge on any atom is -0.339 e. The summed E-state index contributed by atoms with van der Waals surface area (Å²) in [6, 6.07) is 7.51. The molecule has 0 aliphatic heterocycles. The number of nitrogens with one attached hydrogen (secondary N) is 3. The molecule has 1 aromatic carbocycles. The summed E-state index contributed by atoms with van der Waals surface area (Å²) in [7, 11) is 0. The van der Waals surface area contributed by atoms with Crippen LogP contribution >= 0.6 is 11.6 Å². The quantitative estimate of drug-likeness (QED) is 0.807. The normalized spacial score (nSPS) is 13.5. The maximum Gasteiger partial charge on any atom is 0.320 e. The number of hydrogen-bond donors (Lipinski definition) is 3. The molecule has 3 N–H and O–H groups in total. The van der Waals surface area contributed by atoms with Gasteiger partial charge in [0.05, 0.1) is 5.02 Å². The van der Waals surface area contributed by atoms with Crippen molar-refractivity contribution in [3.8, 4) is 0 Å². The van der Waals surface area contributed by atoms with Crippen molar-refractivity contribution < 1.29 is 9.18 Å². The second kappa shape index (κ2) is 6.15. The summed E-state index contributed by atoms with van der Waals surface area (Å²) in [6.07, 6.45) is 2.03. The van der Waals surface area contributed by atoms with Crippen molar-refractivity contribution >= 4 is 35.0 Å². The lowest BCUT2D eigenvalue weighted by Crippen LogP contribution is -2.30. The first-order chi connectivity index (χ1) is 10.6. The lowest BCUT2D eigenvalue weighted by molar-refractivity contribution is 0.251. The summed E-state index contributed by atoms with van der Waals surface area (Å²) in [5, 5.41) is 16.2. The molecule has 1 aliphatic rings. The summed E-state index contributed by atoms with van der Waals surface area (Å²) in [5.74, 6) is 0.316. The molecular formula is C14H13ClFN5O. The molecule has 114 valence electrons. The molecule has 0 unspecified atom stereocenters. The SMILES string of the molecule is O=C(Nc1ccc(Nc2ccc(F)c(Cl)c2)nn1)NC1CC1. The zero-order chi connectivity index (χ0) is 15.5. The molecule has 1 aromatic heterocycles. The number of benzene rings is 1. The van der Waals surface area contributed by atoms with Gasteiger partial charge in [-0.1, -0.05) is 11.6 Å². The van der Waals surface area contributed by atoms with Gasteiger partial charge in [0.1, 0.15) is 5.82 Å². The molecular weight excluding hydrogens is 309 g/mol. The van der Waals surface area contributed by atoms with E-state index in [0.29, 0.717) is 17.3 Å². The van der Waals surface area contributed by atoms with E-state index in [1.807, 2.05) is 0 Å². The number of amides is 2. The van der Waals surface area contributed by atoms with Crippen LogP contribution in [-0.4, -0.2) is 22.3 Å². The van der Waals surface area contributed by atoms with Crippen LogP contribution in [0.5, 0.6) is 0 Å². The Labute approximate surface area is 131 Å². The van der Waals surface area contributed by atoms with E-state index in [1.165, 1.54) is 18.2 Å². The molecule has 1 fully saturated rings. The molecule has 0 bridgehead atoms. The molecule has 0 spiro atoms. The Hall–Kier alpha value is -2.41. The van der Waals surface area contributed by atoms with Crippen molar-refractivity contribution in [3.05, 3.63) is 41.2 Å². The van der Waals surface area contributed by atoms with Gasteiger partial charge in [-0.05, 0) is 43.2 Å². The first-order valence-electron chi connectivity index (χ1n) is 6.73. The van der Waals surface area contributed by atoms with Gasteiger partial charge in [0, 0.05) is 11.7 Å². The third-order valence-electron chi connectivity index (χ3n) is 3.01. The fourth-order valence-electron chi connectivity index (χ4n) is 1.75. The van der Waals surface area contributed by atoms with Crippen LogP contribution in [0, 0.1) is 5.82 Å². The number of hydrogen-bond acceptors (Lipinski definition) is 4. The molecule has 8 heteroatoms. The number of rotatable bonds is 4. The van der Waals surface area contributed by atoms with Gasteiger partial charge in [-0.2, -0.15) is 0 Å². The fraction of sp³-hybridized carbons (Fsp3) is 0.214. The molecule has 2 aromatic rings. The smallest absolute Gasteiger partial charge is 0.320 e. The van der Waals surface area contributed by atoms with E-state index in [0.717, 1.165) is 12.8 Å². The highest BCUT2D eigenvalue weighted by atomic mass is 35.5. The third-order valence-corrected chi connectivity index (χ3v) is 3.30. The Balaban J connectivity index is 1.60. The number of carbonyl (C=O) groups is 1. The van der Waals surface area contributed by atoms with Gasteiger partial charge in [0.25, 0.3) is 0 Å². The number of halogens is 2. The predicted molar refractivity (Wildman–Crippen MR) is 81.9 cm³/mol. The van der Waals surface area contributed by atoms with E-state index >= 15 is 0 Å². The minimum absolute atomic E-state index is 0.0213. The van der Waals surface area contributed by atoms with Crippen LogP contribution in [-0.2, 0) is 0 Å². The Kier molecular flexibility index (Phi) is 4.06. The van der Waals surface area contributed by atoms with Crippen LogP contribution in [0.1, 0.15) is 12.8 Å². The van der Waals surface area contributed by atoms with E-state index in [4.69, 9.17) is 11.6 Å². The summed E-state index contributed by atoms with van der Waals surface area (Å²) < 4.78 is 13.1. The Morgan fingerprint density at radius 3 is 2.55 bits per heavy atom. The zero-order valence-corrected chi connectivity index (χ0v) is 12.2. The predicted octanol–water partition coefficient (Wildman–Crippen LogP) is 3.30. The van der Waals surface area contributed by atoms with Crippen molar-refractivity contribution in [1.29, 1.82) is 0 Å². The average molecular weight is 322 g/mol. The number of anilines is 3. The highest BCUT2D eigenvalue weighted by molar-refractivity contribution is 6.31. The fourth-order valence-corrected chi connectivity index (χ4v) is 1.93. The van der Waals surface area contributed by atoms with Crippen LogP contribution in [0.4, 0.5) is 26.5 Å². The highest BCUT2D eigenvalue weighted by Gasteiger charge is 2.23. The number of nitrogens with zero attached hydrogens (tertiary/aromatic N) is 2. The molecule has 0 saturated heterocycles. The van der Waals surface area contributed by atoms with E-state index < -0.39 is 5.82 Å². The summed E-state index contributed by atoms with van der Waals surface area (Å²) in [5.41, 5.74) is 0.591. The van der Waals surface area contributed by atoms with Crippen LogP contribution in [0.2, 0.25) is 5.02 Å². The van der Waals surface area contributed by atoms with Crippen molar-refractivity contribution in [1.82, 2.24) is 15.5 Å². The summed E-state index contributed by atoms with van der Waals surface area (Å²) in [4.78, 5) is 11.6. The summed E-state index contributed by atoms with van der Waals surface area (Å²) in [6.45, 7) is 0. The van der Waals surface area contributed by atoms with Gasteiger partial charge < -0.3 is 10.6 Å². The van der Waals surface area contributed by atoms with Crippen LogP contribution in [0.15, 0.2) is 30.3 Å². The van der Waals surface area contributed by atoms with Gasteiger partial charge in [-0.25, -0.2) is 9.18 Å². The monoisotopic (exact) mass is 321 g/mol. The third kappa shape index (κ3) is 3.82. The van der Waals surface area contributed by atoms with Gasteiger partial charge >= 0.3 is 6.03 Å². The Bertz CT molecular complexity index is 690. The average Bonchev–Trinajstić information content (AvgIpc) is 3.29. The standard InChI is InChI=1S/C14H13ClFN5O/c15-10-7-9(3-4-11(10)16)17-12-5-6-13(21-20-12)19-14(22)18-8-1-2-8/h3-8H,1-2H2,(H,17,20)(H2,18,19,21,22). The van der Waals surface area contributed by atoms with E-state index in [1.54, 1.807) is 12.1 Å². The largest absolute Gasteiger partial charge is 0.339 e. The second-order valence-electron chi connectivity index (χ2n) is 4.93. The van der Waals surface area contributed by atoms with Crippen LogP contribution < -0.4 is 16.0 Å². The lowest BCUT2D eigenvalue weighted by atomic mass is 10.3. The van der Waals surface area contributed by atoms with Crippen molar-refractivity contribution in [2.24, 2.45) is 0 Å². The first-order valence-corrected chi connectivity index (χ1v) is 7.11. The van der Waals surface area contributed by atoms with Crippen molar-refractivity contribution in [3.63, 3.8) is 0 Å². The van der Waals surface area contributed by atoms with Crippen molar-refractivity contribution in [2.45, 2.75) is 18.9 Å². The molecule has 2 amide bonds. The maximum atomic E-state index is 13.1. The van der Waals surface area contributed by atoms with Gasteiger partial charge in [0.15, 0.2) is 11.6 Å². The molecule has 6 nitrogen and oxygen atoms in total. The topological polar surface area (TPSA) is 78.9 Å². The van der Waals surface area contributed by atoms with Gasteiger partial charge in [-0.15, -0.1) is 10.2 Å². The molecule has 0 radical (unpaired) electrons. The van der Waals surface area contributed by atoms with E-state index in [2.05, 4.69) is 26.1 Å². The lowest BCUT2D eigenvalue weighted by Gasteiger charge is -2.07. The maximum absolute atomic E-state index is 13.1. The molecule has 1 heterocycles. The molecule has 0 atom stereocenters.